The summed E-state index contributed by atoms with van der Waals surface area (Å²) in [6, 6.07) is 5.81. The predicted molar refractivity (Wildman–Crippen MR) is 94.1 cm³/mol. The molecule has 0 amide bonds. The zero-order valence-corrected chi connectivity index (χ0v) is 13.7. The third-order valence-corrected chi connectivity index (χ3v) is 4.93. The van der Waals surface area contributed by atoms with E-state index in [1.807, 2.05) is 6.92 Å². The predicted octanol–water partition coefficient (Wildman–Crippen LogP) is 1.39. The van der Waals surface area contributed by atoms with E-state index < -0.39 is 16.0 Å². The summed E-state index contributed by atoms with van der Waals surface area (Å²) >= 11 is 1.09. The Balaban J connectivity index is 1.92. The first-order chi connectivity index (χ1) is 12.0. The smallest absolute Gasteiger partial charge is 0.268 e. The molecule has 0 aliphatic carbocycles. The number of aliphatic imine (C=N–C) groups is 1. The summed E-state index contributed by atoms with van der Waals surface area (Å²) < 4.78 is 1.39. The Morgan fingerprint density at radius 2 is 1.96 bits per heavy atom. The maximum absolute atomic E-state index is 12.6. The summed E-state index contributed by atoms with van der Waals surface area (Å²) in [5.41, 5.74) is 0.180. The molecule has 0 radical (unpaired) electrons. The van der Waals surface area contributed by atoms with Crippen molar-refractivity contribution >= 4 is 40.1 Å². The van der Waals surface area contributed by atoms with Crippen LogP contribution in [0.15, 0.2) is 38.8 Å². The lowest BCUT2D eigenvalue weighted by Crippen LogP contribution is -2.32. The van der Waals surface area contributed by atoms with Gasteiger partial charge in [0.1, 0.15) is 0 Å². The number of nitrogens with zero attached hydrogens (tertiary/aromatic N) is 4. The molecule has 0 unspecified atom stereocenters. The molecule has 25 heavy (non-hydrogen) atoms. The van der Waals surface area contributed by atoms with Crippen molar-refractivity contribution in [1.29, 1.82) is 0 Å². The highest BCUT2D eigenvalue weighted by atomic mass is 32.1. The van der Waals surface area contributed by atoms with Gasteiger partial charge in [0.25, 0.3) is 16.8 Å². The Labute approximate surface area is 143 Å². The molecule has 1 aliphatic rings. The first-order valence-corrected chi connectivity index (χ1v) is 8.17. The van der Waals surface area contributed by atoms with E-state index in [1.54, 1.807) is 24.4 Å². The fourth-order valence-electron chi connectivity index (χ4n) is 2.69. The van der Waals surface area contributed by atoms with E-state index in [-0.39, 0.29) is 16.6 Å². The SMILES string of the molecule is C[C@H]1C=Nc2nc3s/c(=C\c4ccc([N+](=O)[O-])cc4)c(=O)n3c(=O)c21. The maximum atomic E-state index is 12.6. The van der Waals surface area contributed by atoms with Gasteiger partial charge < -0.3 is 0 Å². The molecule has 1 aromatic carbocycles. The van der Waals surface area contributed by atoms with Crippen LogP contribution >= 0.6 is 11.3 Å². The number of nitro groups is 1. The molecule has 1 aliphatic heterocycles. The number of hydrogen-bond donors (Lipinski definition) is 0. The van der Waals surface area contributed by atoms with Crippen molar-refractivity contribution in [2.24, 2.45) is 4.99 Å². The average Bonchev–Trinajstić information content (AvgIpc) is 3.09. The monoisotopic (exact) mass is 354 g/mol. The van der Waals surface area contributed by atoms with Gasteiger partial charge in [0.15, 0.2) is 5.82 Å². The van der Waals surface area contributed by atoms with Gasteiger partial charge >= 0.3 is 0 Å². The molecule has 124 valence electrons. The molecule has 2 aromatic heterocycles. The Morgan fingerprint density at radius 3 is 2.64 bits per heavy atom. The number of rotatable bonds is 2. The van der Waals surface area contributed by atoms with E-state index in [0.29, 0.717) is 21.5 Å². The summed E-state index contributed by atoms with van der Waals surface area (Å²) in [5.74, 6) is 0.189. The summed E-state index contributed by atoms with van der Waals surface area (Å²) in [6.07, 6.45) is 3.22. The highest BCUT2D eigenvalue weighted by molar-refractivity contribution is 7.15. The summed E-state index contributed by atoms with van der Waals surface area (Å²) in [4.78, 5) is 44.1. The van der Waals surface area contributed by atoms with E-state index >= 15 is 0 Å². The van der Waals surface area contributed by atoms with Crippen molar-refractivity contribution in [2.75, 3.05) is 0 Å². The maximum Gasteiger partial charge on any atom is 0.277 e. The normalized spacial score (nSPS) is 16.5. The van der Waals surface area contributed by atoms with Crippen molar-refractivity contribution in [3.63, 3.8) is 0 Å². The van der Waals surface area contributed by atoms with Crippen molar-refractivity contribution in [3.8, 4) is 0 Å². The van der Waals surface area contributed by atoms with Crippen LogP contribution in [0.3, 0.4) is 0 Å². The van der Waals surface area contributed by atoms with Crippen molar-refractivity contribution in [3.05, 3.63) is 70.7 Å². The van der Waals surface area contributed by atoms with Gasteiger partial charge in [-0.15, -0.1) is 0 Å². The minimum absolute atomic E-state index is 0.0306. The fourth-order valence-corrected chi connectivity index (χ4v) is 3.65. The van der Waals surface area contributed by atoms with Gasteiger partial charge in [0, 0.05) is 24.3 Å². The van der Waals surface area contributed by atoms with Gasteiger partial charge in [0.2, 0.25) is 4.96 Å². The molecule has 9 heteroatoms. The number of benzene rings is 1. The van der Waals surface area contributed by atoms with E-state index in [0.717, 1.165) is 15.7 Å². The Hall–Kier alpha value is -3.20. The lowest BCUT2D eigenvalue weighted by atomic mass is 10.1. The summed E-state index contributed by atoms with van der Waals surface area (Å²) in [7, 11) is 0. The third-order valence-electron chi connectivity index (χ3n) is 3.96. The number of thiazole rings is 1. The molecule has 0 saturated carbocycles. The zero-order chi connectivity index (χ0) is 17.7. The van der Waals surface area contributed by atoms with Crippen LogP contribution in [0.1, 0.15) is 24.0 Å². The average molecular weight is 354 g/mol. The third kappa shape index (κ3) is 2.36. The topological polar surface area (TPSA) is 107 Å². The van der Waals surface area contributed by atoms with Crippen LogP contribution < -0.4 is 15.7 Å². The van der Waals surface area contributed by atoms with Crippen LogP contribution in [0.4, 0.5) is 11.5 Å². The number of non-ortho nitro benzene ring substituents is 1. The van der Waals surface area contributed by atoms with Gasteiger partial charge in [-0.1, -0.05) is 18.3 Å². The van der Waals surface area contributed by atoms with Gasteiger partial charge in [-0.05, 0) is 23.8 Å². The van der Waals surface area contributed by atoms with Gasteiger partial charge in [-0.3, -0.25) is 19.7 Å². The van der Waals surface area contributed by atoms with E-state index in [9.17, 15) is 19.7 Å². The molecular weight excluding hydrogens is 344 g/mol. The largest absolute Gasteiger partial charge is 0.277 e. The molecule has 1 atom stereocenters. The van der Waals surface area contributed by atoms with Crippen LogP contribution in [-0.2, 0) is 0 Å². The number of nitro benzene ring substituents is 1. The number of aromatic nitrogens is 2. The minimum atomic E-state index is -0.491. The Morgan fingerprint density at radius 1 is 1.24 bits per heavy atom. The molecule has 0 saturated heterocycles. The van der Waals surface area contributed by atoms with Gasteiger partial charge in [-0.2, -0.15) is 0 Å². The standard InChI is InChI=1S/C16H10N4O4S/c1-8-7-17-13-12(8)15(22)19-14(21)11(25-16(19)18-13)6-9-2-4-10(5-3-9)20(23)24/h2-8H,1H3/b11-6-/t8-/m0/s1. The molecule has 0 fully saturated rings. The Bertz CT molecular complexity index is 1220. The molecule has 0 bridgehead atoms. The van der Waals surface area contributed by atoms with Gasteiger partial charge in [-0.25, -0.2) is 14.4 Å². The van der Waals surface area contributed by atoms with E-state index in [1.165, 1.54) is 12.1 Å². The quantitative estimate of drug-likeness (QED) is 0.510. The lowest BCUT2D eigenvalue weighted by Gasteiger charge is -2.00. The van der Waals surface area contributed by atoms with Crippen LogP contribution in [-0.4, -0.2) is 20.5 Å². The summed E-state index contributed by atoms with van der Waals surface area (Å²) in [6.45, 7) is 1.82. The first-order valence-electron chi connectivity index (χ1n) is 7.35. The van der Waals surface area contributed by atoms with Crippen LogP contribution in [0.5, 0.6) is 0 Å². The minimum Gasteiger partial charge on any atom is -0.268 e. The second-order valence-electron chi connectivity index (χ2n) is 5.60. The highest BCUT2D eigenvalue weighted by Crippen LogP contribution is 2.26. The Kier molecular flexibility index (Phi) is 3.32. The second-order valence-corrected chi connectivity index (χ2v) is 6.61. The zero-order valence-electron chi connectivity index (χ0n) is 12.9. The van der Waals surface area contributed by atoms with Crippen LogP contribution in [0.25, 0.3) is 11.0 Å². The number of hydrogen-bond acceptors (Lipinski definition) is 7. The molecule has 3 heterocycles. The molecule has 0 N–H and O–H groups in total. The van der Waals surface area contributed by atoms with Crippen molar-refractivity contribution in [1.82, 2.24) is 9.38 Å². The molecule has 8 nitrogen and oxygen atoms in total. The van der Waals surface area contributed by atoms with E-state index in [4.69, 9.17) is 0 Å². The highest BCUT2D eigenvalue weighted by Gasteiger charge is 2.23. The first kappa shape index (κ1) is 15.3. The van der Waals surface area contributed by atoms with Crippen molar-refractivity contribution in [2.45, 2.75) is 12.8 Å². The van der Waals surface area contributed by atoms with Crippen LogP contribution in [0.2, 0.25) is 0 Å². The molecule has 0 spiro atoms. The second kappa shape index (κ2) is 5.42. The molecule has 4 rings (SSSR count). The lowest BCUT2D eigenvalue weighted by molar-refractivity contribution is -0.384. The van der Waals surface area contributed by atoms with Crippen molar-refractivity contribution < 1.29 is 4.92 Å². The van der Waals surface area contributed by atoms with E-state index in [2.05, 4.69) is 9.98 Å². The molecule has 3 aromatic rings. The van der Waals surface area contributed by atoms with Gasteiger partial charge in [0.05, 0.1) is 15.0 Å². The van der Waals surface area contributed by atoms with Crippen LogP contribution in [0, 0.1) is 10.1 Å². The number of fused-ring (bicyclic) bond motifs is 2. The molecular formula is C16H10N4O4S. The fraction of sp³-hybridized carbons (Fsp3) is 0.125. The summed E-state index contributed by atoms with van der Waals surface area (Å²) in [5, 5.41) is 10.7.